The first-order valence-corrected chi connectivity index (χ1v) is 8.15. The van der Waals surface area contributed by atoms with Crippen molar-refractivity contribution in [1.29, 1.82) is 0 Å². The van der Waals surface area contributed by atoms with Crippen molar-refractivity contribution in [3.8, 4) is 11.1 Å². The van der Waals surface area contributed by atoms with E-state index in [4.69, 9.17) is 5.73 Å². The first-order valence-electron chi connectivity index (χ1n) is 6.26. The van der Waals surface area contributed by atoms with Gasteiger partial charge in [-0.2, -0.15) is 0 Å². The van der Waals surface area contributed by atoms with Gasteiger partial charge < -0.3 is 5.73 Å². The summed E-state index contributed by atoms with van der Waals surface area (Å²) in [6.45, 7) is 0. The highest BCUT2D eigenvalue weighted by Crippen LogP contribution is 2.23. The van der Waals surface area contributed by atoms with Crippen LogP contribution in [-0.4, -0.2) is 24.6 Å². The van der Waals surface area contributed by atoms with Crippen LogP contribution in [-0.2, 0) is 9.84 Å². The fraction of sp³-hybridized carbons (Fsp3) is 0.0667. The average Bonchev–Trinajstić information content (AvgIpc) is 2.46. The quantitative estimate of drug-likeness (QED) is 0.784. The van der Waals surface area contributed by atoms with Gasteiger partial charge in [-0.1, -0.05) is 12.1 Å². The van der Waals surface area contributed by atoms with Crippen molar-refractivity contribution < 1.29 is 8.42 Å². The number of aromatic nitrogens is 2. The van der Waals surface area contributed by atoms with Gasteiger partial charge in [-0.25, -0.2) is 18.4 Å². The van der Waals surface area contributed by atoms with Crippen LogP contribution in [0.1, 0.15) is 0 Å². The molecule has 0 atom stereocenters. The molecule has 5 nitrogen and oxygen atoms in total. The number of pyridine rings is 2. The van der Waals surface area contributed by atoms with Crippen LogP contribution in [0, 0.1) is 0 Å². The number of benzene rings is 1. The molecule has 0 aliphatic carbocycles. The molecule has 0 radical (unpaired) electrons. The van der Waals surface area contributed by atoms with Crippen molar-refractivity contribution in [2.24, 2.45) is 0 Å². The van der Waals surface area contributed by atoms with E-state index >= 15 is 0 Å². The van der Waals surface area contributed by atoms with Crippen molar-refractivity contribution >= 4 is 26.7 Å². The van der Waals surface area contributed by atoms with E-state index in [2.05, 4.69) is 9.97 Å². The fourth-order valence-corrected chi connectivity index (χ4v) is 2.71. The Morgan fingerprint density at radius 3 is 2.38 bits per heavy atom. The summed E-state index contributed by atoms with van der Waals surface area (Å²) < 4.78 is 22.9. The average molecular weight is 299 g/mol. The molecular formula is C15H13N3O2S. The lowest BCUT2D eigenvalue weighted by Crippen LogP contribution is -1.96. The number of hydrogen-bond acceptors (Lipinski definition) is 5. The smallest absolute Gasteiger partial charge is 0.175 e. The van der Waals surface area contributed by atoms with Gasteiger partial charge >= 0.3 is 0 Å². The van der Waals surface area contributed by atoms with E-state index in [0.717, 1.165) is 16.5 Å². The molecule has 0 spiro atoms. The molecule has 0 saturated heterocycles. The Balaban J connectivity index is 2.06. The van der Waals surface area contributed by atoms with E-state index in [1.54, 1.807) is 36.5 Å². The molecule has 2 N–H and O–H groups in total. The van der Waals surface area contributed by atoms with E-state index in [1.165, 1.54) is 6.26 Å². The molecule has 2 heterocycles. The maximum atomic E-state index is 11.5. The Bertz CT molecular complexity index is 919. The topological polar surface area (TPSA) is 85.9 Å². The van der Waals surface area contributed by atoms with Crippen LogP contribution < -0.4 is 5.73 Å². The lowest BCUT2D eigenvalue weighted by Gasteiger charge is -2.05. The summed E-state index contributed by atoms with van der Waals surface area (Å²) in [6.07, 6.45) is 2.89. The van der Waals surface area contributed by atoms with E-state index in [0.29, 0.717) is 16.4 Å². The molecule has 0 fully saturated rings. The van der Waals surface area contributed by atoms with E-state index in [-0.39, 0.29) is 0 Å². The highest BCUT2D eigenvalue weighted by molar-refractivity contribution is 7.90. The van der Waals surface area contributed by atoms with Gasteiger partial charge in [-0.3, -0.25) is 0 Å². The second kappa shape index (κ2) is 4.82. The van der Waals surface area contributed by atoms with Crippen molar-refractivity contribution in [2.45, 2.75) is 4.90 Å². The van der Waals surface area contributed by atoms with Crippen LogP contribution in [0.3, 0.4) is 0 Å². The highest BCUT2D eigenvalue weighted by Gasteiger charge is 2.07. The zero-order valence-electron chi connectivity index (χ0n) is 11.3. The Morgan fingerprint density at radius 2 is 1.71 bits per heavy atom. The summed E-state index contributed by atoms with van der Waals surface area (Å²) in [6, 6.07) is 12.3. The summed E-state index contributed by atoms with van der Waals surface area (Å²) in [5, 5.41) is 0.883. The van der Waals surface area contributed by atoms with Gasteiger partial charge in [0.05, 0.1) is 4.90 Å². The number of nitrogens with two attached hydrogens (primary N) is 1. The number of sulfone groups is 1. The molecule has 106 valence electrons. The molecule has 0 bridgehead atoms. The maximum Gasteiger partial charge on any atom is 0.175 e. The third-order valence-electron chi connectivity index (χ3n) is 3.18. The van der Waals surface area contributed by atoms with Crippen molar-refractivity contribution in [3.63, 3.8) is 0 Å². The van der Waals surface area contributed by atoms with Gasteiger partial charge in [0, 0.05) is 23.4 Å². The summed E-state index contributed by atoms with van der Waals surface area (Å²) >= 11 is 0. The fourth-order valence-electron chi connectivity index (χ4n) is 2.08. The van der Waals surface area contributed by atoms with Crippen LogP contribution in [0.5, 0.6) is 0 Å². The molecule has 0 amide bonds. The Hall–Kier alpha value is -2.47. The first-order chi connectivity index (χ1) is 9.93. The standard InChI is InChI=1S/C15H13N3O2S/c1-21(19,20)13-5-2-10(3-6-13)12-8-11-4-7-14(16)18-15(11)17-9-12/h2-9H,1H3,(H2,16,17,18). The normalized spacial score (nSPS) is 11.7. The van der Waals surface area contributed by atoms with Gasteiger partial charge in [-0.05, 0) is 35.9 Å². The largest absolute Gasteiger partial charge is 0.384 e. The summed E-state index contributed by atoms with van der Waals surface area (Å²) in [4.78, 5) is 8.72. The minimum absolute atomic E-state index is 0.300. The number of fused-ring (bicyclic) bond motifs is 1. The zero-order valence-corrected chi connectivity index (χ0v) is 12.1. The second-order valence-corrected chi connectivity index (χ2v) is 6.82. The second-order valence-electron chi connectivity index (χ2n) is 4.80. The van der Waals surface area contributed by atoms with Gasteiger partial charge in [0.15, 0.2) is 15.5 Å². The molecule has 1 aromatic carbocycles. The van der Waals surface area contributed by atoms with Crippen molar-refractivity contribution in [1.82, 2.24) is 9.97 Å². The monoisotopic (exact) mass is 299 g/mol. The number of hydrogen-bond donors (Lipinski definition) is 1. The van der Waals surface area contributed by atoms with Crippen molar-refractivity contribution in [3.05, 3.63) is 48.7 Å². The minimum atomic E-state index is -3.18. The summed E-state index contributed by atoms with van der Waals surface area (Å²) in [5.74, 6) is 0.431. The van der Waals surface area contributed by atoms with Gasteiger partial charge in [0.1, 0.15) is 5.82 Å². The van der Waals surface area contributed by atoms with Crippen LogP contribution in [0.4, 0.5) is 5.82 Å². The van der Waals surface area contributed by atoms with Crippen molar-refractivity contribution in [2.75, 3.05) is 12.0 Å². The number of anilines is 1. The number of nitrogens with zero attached hydrogens (tertiary/aromatic N) is 2. The molecule has 0 aliphatic heterocycles. The zero-order chi connectivity index (χ0) is 15.0. The Labute approximate surface area is 122 Å². The number of nitrogen functional groups attached to an aromatic ring is 1. The molecule has 21 heavy (non-hydrogen) atoms. The molecule has 6 heteroatoms. The summed E-state index contributed by atoms with van der Waals surface area (Å²) in [7, 11) is -3.18. The van der Waals surface area contributed by atoms with E-state index in [9.17, 15) is 8.42 Å². The molecule has 0 unspecified atom stereocenters. The predicted molar refractivity (Wildman–Crippen MR) is 82.5 cm³/mol. The van der Waals surface area contributed by atoms with Crippen LogP contribution in [0.25, 0.3) is 22.2 Å². The van der Waals surface area contributed by atoms with Crippen LogP contribution in [0.2, 0.25) is 0 Å². The molecule has 0 aliphatic rings. The third kappa shape index (κ3) is 2.71. The molecule has 3 aromatic rings. The van der Waals surface area contributed by atoms with Gasteiger partial charge in [-0.15, -0.1) is 0 Å². The minimum Gasteiger partial charge on any atom is -0.384 e. The molecule has 2 aromatic heterocycles. The molecule has 0 saturated carbocycles. The first kappa shape index (κ1) is 13.5. The third-order valence-corrected chi connectivity index (χ3v) is 4.31. The lowest BCUT2D eigenvalue weighted by atomic mass is 10.1. The Morgan fingerprint density at radius 1 is 1.00 bits per heavy atom. The number of rotatable bonds is 2. The molecular weight excluding hydrogens is 286 g/mol. The van der Waals surface area contributed by atoms with E-state index in [1.807, 2.05) is 12.1 Å². The summed E-state index contributed by atoms with van der Waals surface area (Å²) in [5.41, 5.74) is 8.01. The predicted octanol–water partition coefficient (Wildman–Crippen LogP) is 2.28. The van der Waals surface area contributed by atoms with E-state index < -0.39 is 9.84 Å². The molecule has 3 rings (SSSR count). The SMILES string of the molecule is CS(=O)(=O)c1ccc(-c2cnc3nc(N)ccc3c2)cc1. The van der Waals surface area contributed by atoms with Gasteiger partial charge in [0.25, 0.3) is 0 Å². The Kier molecular flexibility index (Phi) is 3.10. The van der Waals surface area contributed by atoms with Crippen LogP contribution >= 0.6 is 0 Å². The highest BCUT2D eigenvalue weighted by atomic mass is 32.2. The van der Waals surface area contributed by atoms with Crippen LogP contribution in [0.15, 0.2) is 53.6 Å². The lowest BCUT2D eigenvalue weighted by molar-refractivity contribution is 0.602. The van der Waals surface area contributed by atoms with Gasteiger partial charge in [0.2, 0.25) is 0 Å². The maximum absolute atomic E-state index is 11.5.